The highest BCUT2D eigenvalue weighted by atomic mass is 16.5. The summed E-state index contributed by atoms with van der Waals surface area (Å²) in [7, 11) is 0. The summed E-state index contributed by atoms with van der Waals surface area (Å²) in [6.45, 7) is 0.123. The first-order valence-electron chi connectivity index (χ1n) is 11.5. The molecule has 0 unspecified atom stereocenters. The SMILES string of the molecule is O=C(CCCN1C(=O)c2cccc3cccc(c23)C1=O)OCC(=O)N1CCC(c2ccccc2)=N1. The van der Waals surface area contributed by atoms with Gasteiger partial charge in [0.25, 0.3) is 17.7 Å². The van der Waals surface area contributed by atoms with E-state index < -0.39 is 18.5 Å². The summed E-state index contributed by atoms with van der Waals surface area (Å²) >= 11 is 0. The topological polar surface area (TPSA) is 96.3 Å². The van der Waals surface area contributed by atoms with Crippen LogP contribution in [0.4, 0.5) is 0 Å². The summed E-state index contributed by atoms with van der Waals surface area (Å²) < 4.78 is 5.12. The number of imide groups is 1. The molecular formula is C27H23N3O5. The van der Waals surface area contributed by atoms with Crippen molar-refractivity contribution in [1.29, 1.82) is 0 Å². The highest BCUT2D eigenvalue weighted by Crippen LogP contribution is 2.30. The number of nitrogens with zero attached hydrogens (tertiary/aromatic N) is 3. The quantitative estimate of drug-likeness (QED) is 0.390. The van der Waals surface area contributed by atoms with Gasteiger partial charge in [0.15, 0.2) is 6.61 Å². The molecule has 3 aromatic rings. The molecule has 0 fully saturated rings. The van der Waals surface area contributed by atoms with Crippen LogP contribution in [0.25, 0.3) is 10.8 Å². The van der Waals surface area contributed by atoms with Crippen molar-refractivity contribution in [3.63, 3.8) is 0 Å². The number of esters is 1. The van der Waals surface area contributed by atoms with Gasteiger partial charge < -0.3 is 4.74 Å². The minimum Gasteiger partial charge on any atom is -0.455 e. The lowest BCUT2D eigenvalue weighted by atomic mass is 9.94. The van der Waals surface area contributed by atoms with Crippen molar-refractivity contribution in [2.45, 2.75) is 19.3 Å². The molecule has 2 aliphatic rings. The van der Waals surface area contributed by atoms with Gasteiger partial charge in [-0.15, -0.1) is 0 Å². The van der Waals surface area contributed by atoms with Gasteiger partial charge in [0.2, 0.25) is 0 Å². The summed E-state index contributed by atoms with van der Waals surface area (Å²) in [5.41, 5.74) is 2.73. The molecule has 0 spiro atoms. The third kappa shape index (κ3) is 4.42. The lowest BCUT2D eigenvalue weighted by Gasteiger charge is -2.27. The zero-order valence-electron chi connectivity index (χ0n) is 19.0. The Morgan fingerprint density at radius 2 is 1.57 bits per heavy atom. The monoisotopic (exact) mass is 469 g/mol. The van der Waals surface area contributed by atoms with Gasteiger partial charge in [-0.3, -0.25) is 24.1 Å². The Bertz CT molecular complexity index is 1310. The van der Waals surface area contributed by atoms with Crippen LogP contribution < -0.4 is 0 Å². The Hall–Kier alpha value is -4.33. The molecule has 0 bridgehead atoms. The minimum absolute atomic E-state index is 0.0191. The van der Waals surface area contributed by atoms with Gasteiger partial charge in [0.1, 0.15) is 0 Å². The molecule has 0 atom stereocenters. The lowest BCUT2D eigenvalue weighted by Crippen LogP contribution is -2.41. The Morgan fingerprint density at radius 1 is 0.886 bits per heavy atom. The predicted octanol–water partition coefficient (Wildman–Crippen LogP) is 3.40. The molecule has 0 aliphatic carbocycles. The van der Waals surface area contributed by atoms with E-state index in [0.717, 1.165) is 16.7 Å². The molecule has 0 N–H and O–H groups in total. The molecule has 8 heteroatoms. The second-order valence-corrected chi connectivity index (χ2v) is 8.42. The number of amides is 3. The first-order chi connectivity index (χ1) is 17.0. The summed E-state index contributed by atoms with van der Waals surface area (Å²) in [6.07, 6.45) is 0.857. The largest absolute Gasteiger partial charge is 0.455 e. The molecule has 2 aliphatic heterocycles. The van der Waals surface area contributed by atoms with Crippen LogP contribution in [0.5, 0.6) is 0 Å². The van der Waals surface area contributed by atoms with Gasteiger partial charge >= 0.3 is 5.97 Å². The molecule has 0 aromatic heterocycles. The average molecular weight is 469 g/mol. The maximum absolute atomic E-state index is 12.9. The smallest absolute Gasteiger partial charge is 0.306 e. The zero-order chi connectivity index (χ0) is 24.4. The van der Waals surface area contributed by atoms with Crippen LogP contribution in [-0.2, 0) is 14.3 Å². The molecule has 35 heavy (non-hydrogen) atoms. The summed E-state index contributed by atoms with van der Waals surface area (Å²) in [4.78, 5) is 51.6. The Labute approximate surface area is 201 Å². The lowest BCUT2D eigenvalue weighted by molar-refractivity contribution is -0.152. The average Bonchev–Trinajstić information content (AvgIpc) is 3.39. The van der Waals surface area contributed by atoms with E-state index in [0.29, 0.717) is 29.5 Å². The van der Waals surface area contributed by atoms with Gasteiger partial charge in [-0.25, -0.2) is 5.01 Å². The first kappa shape index (κ1) is 22.5. The molecular weight excluding hydrogens is 446 g/mol. The number of hydrogen-bond acceptors (Lipinski definition) is 6. The predicted molar refractivity (Wildman–Crippen MR) is 129 cm³/mol. The van der Waals surface area contributed by atoms with Crippen molar-refractivity contribution in [2.24, 2.45) is 5.10 Å². The van der Waals surface area contributed by atoms with Crippen molar-refractivity contribution >= 4 is 40.2 Å². The Morgan fingerprint density at radius 3 is 2.26 bits per heavy atom. The molecule has 3 aromatic carbocycles. The summed E-state index contributed by atoms with van der Waals surface area (Å²) in [6, 6.07) is 20.3. The fourth-order valence-electron chi connectivity index (χ4n) is 4.42. The number of benzene rings is 3. The molecule has 2 heterocycles. The van der Waals surface area contributed by atoms with Crippen LogP contribution in [0.3, 0.4) is 0 Å². The third-order valence-electron chi connectivity index (χ3n) is 6.17. The van der Waals surface area contributed by atoms with E-state index >= 15 is 0 Å². The second kappa shape index (κ2) is 9.50. The highest BCUT2D eigenvalue weighted by Gasteiger charge is 2.32. The van der Waals surface area contributed by atoms with E-state index in [4.69, 9.17) is 4.74 Å². The Kier molecular flexibility index (Phi) is 6.10. The van der Waals surface area contributed by atoms with Crippen LogP contribution in [0.15, 0.2) is 71.8 Å². The van der Waals surface area contributed by atoms with Crippen LogP contribution in [0.2, 0.25) is 0 Å². The van der Waals surface area contributed by atoms with Crippen molar-refractivity contribution in [3.8, 4) is 0 Å². The van der Waals surface area contributed by atoms with E-state index in [1.165, 1.54) is 9.91 Å². The van der Waals surface area contributed by atoms with Crippen molar-refractivity contribution in [2.75, 3.05) is 19.7 Å². The van der Waals surface area contributed by atoms with Gasteiger partial charge in [-0.05, 0) is 29.5 Å². The maximum Gasteiger partial charge on any atom is 0.306 e. The van der Waals surface area contributed by atoms with Gasteiger partial charge in [-0.2, -0.15) is 5.10 Å². The fraction of sp³-hybridized carbons (Fsp3) is 0.222. The van der Waals surface area contributed by atoms with E-state index in [9.17, 15) is 19.2 Å². The number of hydrogen-bond donors (Lipinski definition) is 0. The number of hydrazone groups is 1. The number of carbonyl (C=O) groups is 4. The third-order valence-corrected chi connectivity index (χ3v) is 6.17. The molecule has 0 radical (unpaired) electrons. The molecule has 8 nitrogen and oxygen atoms in total. The molecule has 0 saturated heterocycles. The van der Waals surface area contributed by atoms with Crippen LogP contribution in [-0.4, -0.2) is 59.0 Å². The van der Waals surface area contributed by atoms with E-state index in [1.54, 1.807) is 24.3 Å². The standard InChI is InChI=1S/C27H23N3O5/c31-23(30-16-14-22(28-30)18-7-2-1-3-8-18)17-35-24(32)13-6-15-29-26(33)20-11-4-9-19-10-5-12-21(25(19)20)27(29)34/h1-5,7-12H,6,13-17H2. The number of ether oxygens (including phenoxy) is 1. The molecule has 5 rings (SSSR count). The highest BCUT2D eigenvalue weighted by molar-refractivity contribution is 6.25. The van der Waals surface area contributed by atoms with Gasteiger partial charge in [-0.1, -0.05) is 54.6 Å². The van der Waals surface area contributed by atoms with Crippen LogP contribution in [0, 0.1) is 0 Å². The molecule has 3 amide bonds. The van der Waals surface area contributed by atoms with Gasteiger partial charge in [0, 0.05) is 35.9 Å². The van der Waals surface area contributed by atoms with E-state index in [1.807, 2.05) is 42.5 Å². The number of carbonyl (C=O) groups excluding carboxylic acids is 4. The van der Waals surface area contributed by atoms with Crippen molar-refractivity contribution in [1.82, 2.24) is 9.91 Å². The van der Waals surface area contributed by atoms with Crippen LogP contribution >= 0.6 is 0 Å². The van der Waals surface area contributed by atoms with E-state index in [-0.39, 0.29) is 31.2 Å². The zero-order valence-corrected chi connectivity index (χ0v) is 19.0. The summed E-state index contributed by atoms with van der Waals surface area (Å²) in [5.74, 6) is -1.70. The van der Waals surface area contributed by atoms with Crippen LogP contribution in [0.1, 0.15) is 45.5 Å². The van der Waals surface area contributed by atoms with Crippen molar-refractivity contribution in [3.05, 3.63) is 83.4 Å². The summed E-state index contributed by atoms with van der Waals surface area (Å²) in [5, 5.41) is 7.16. The first-order valence-corrected chi connectivity index (χ1v) is 11.5. The second-order valence-electron chi connectivity index (χ2n) is 8.42. The van der Waals surface area contributed by atoms with Crippen molar-refractivity contribution < 1.29 is 23.9 Å². The van der Waals surface area contributed by atoms with Gasteiger partial charge in [0.05, 0.1) is 12.3 Å². The minimum atomic E-state index is -0.566. The normalized spacial score (nSPS) is 14.9. The van der Waals surface area contributed by atoms with E-state index in [2.05, 4.69) is 5.10 Å². The number of rotatable bonds is 7. The fourth-order valence-corrected chi connectivity index (χ4v) is 4.42. The molecule has 0 saturated carbocycles. The molecule has 176 valence electrons. The maximum atomic E-state index is 12.9. The Balaban J connectivity index is 1.12.